The molecule has 2 N–H and O–H groups in total. The second-order valence-corrected chi connectivity index (χ2v) is 13.2. The number of hydrogen-bond acceptors (Lipinski definition) is 3. The highest BCUT2D eigenvalue weighted by molar-refractivity contribution is 8.14. The van der Waals surface area contributed by atoms with E-state index in [-0.39, 0.29) is 5.84 Å². The Hall–Kier alpha value is -3.65. The van der Waals surface area contributed by atoms with Crippen LogP contribution >= 0.6 is 11.8 Å². The minimum atomic E-state index is -4.38. The second kappa shape index (κ2) is 17.9. The maximum absolute atomic E-state index is 12.7. The fourth-order valence-electron chi connectivity index (χ4n) is 4.81. The number of thioether (sulfide) groups is 1. The Bertz CT molecular complexity index is 1500. The average molecular weight is 649 g/mol. The zero-order chi connectivity index (χ0) is 33.7. The number of rotatable bonds is 14. The number of amidine groups is 1. The van der Waals surface area contributed by atoms with Crippen molar-refractivity contribution >= 4 is 46.4 Å². The SMILES string of the molecule is CCCCSC(=Nc1ccccc1C(C)C)C(C)C(C)CCC(C)=Cc1ccc(C(N)=NC=Nc2ccc(C(F)(F)F)cc2)cc1. The molecule has 246 valence electrons. The topological polar surface area (TPSA) is 63.1 Å². The fraction of sp³-hybridized carbons (Fsp3) is 0.395. The van der Waals surface area contributed by atoms with Gasteiger partial charge in [0.2, 0.25) is 0 Å². The van der Waals surface area contributed by atoms with Crippen molar-refractivity contribution in [1.29, 1.82) is 0 Å². The Balaban J connectivity index is 1.61. The summed E-state index contributed by atoms with van der Waals surface area (Å²) in [6.07, 6.45) is 3.49. The molecule has 0 bridgehead atoms. The van der Waals surface area contributed by atoms with Gasteiger partial charge in [-0.05, 0) is 85.2 Å². The lowest BCUT2D eigenvalue weighted by molar-refractivity contribution is -0.137. The largest absolute Gasteiger partial charge is 0.416 e. The molecule has 2 atom stereocenters. The van der Waals surface area contributed by atoms with E-state index >= 15 is 0 Å². The molecular formula is C38H47F3N4S. The van der Waals surface area contributed by atoms with Gasteiger partial charge in [0, 0.05) is 11.5 Å². The first-order chi connectivity index (χ1) is 21.9. The summed E-state index contributed by atoms with van der Waals surface area (Å²) in [5.74, 6) is 2.63. The molecular weight excluding hydrogens is 602 g/mol. The number of unbranched alkanes of at least 4 members (excludes halogenated alkanes) is 1. The Labute approximate surface area is 277 Å². The third-order valence-corrected chi connectivity index (χ3v) is 9.24. The number of nitrogens with zero attached hydrogens (tertiary/aromatic N) is 3. The van der Waals surface area contributed by atoms with Gasteiger partial charge < -0.3 is 5.73 Å². The number of nitrogens with two attached hydrogens (primary N) is 1. The maximum atomic E-state index is 12.7. The van der Waals surface area contributed by atoms with Crippen molar-refractivity contribution in [3.63, 3.8) is 0 Å². The highest BCUT2D eigenvalue weighted by Gasteiger charge is 2.29. The van der Waals surface area contributed by atoms with E-state index < -0.39 is 11.7 Å². The van der Waals surface area contributed by atoms with Gasteiger partial charge in [0.15, 0.2) is 0 Å². The molecule has 2 unspecified atom stereocenters. The number of aliphatic imine (C=N–C) groups is 3. The van der Waals surface area contributed by atoms with Gasteiger partial charge in [-0.2, -0.15) is 13.2 Å². The molecule has 0 heterocycles. The zero-order valence-corrected chi connectivity index (χ0v) is 28.6. The molecule has 3 rings (SSSR count). The number of para-hydroxylation sites is 1. The van der Waals surface area contributed by atoms with Crippen LogP contribution in [0.1, 0.15) is 95.4 Å². The number of alkyl halides is 3. The van der Waals surface area contributed by atoms with Crippen LogP contribution in [-0.4, -0.2) is 23.0 Å². The van der Waals surface area contributed by atoms with Crippen molar-refractivity contribution < 1.29 is 13.2 Å². The molecule has 0 aliphatic heterocycles. The van der Waals surface area contributed by atoms with Gasteiger partial charge in [-0.1, -0.05) is 95.2 Å². The van der Waals surface area contributed by atoms with Gasteiger partial charge in [0.1, 0.15) is 12.2 Å². The molecule has 0 aliphatic carbocycles. The standard InChI is InChI=1S/C38H47F3N4S/c1-7-8-23-46-37(45-35-12-10-9-11-34(35)26(2)3)29(6)28(5)14-13-27(4)24-30-15-17-31(18-16-30)36(42)44-25-43-33-21-19-32(20-22-33)38(39,40)41/h9-12,15-22,24-26,28-29H,7-8,13-14,23H2,1-6H3,(H2,42,43,44). The molecule has 3 aromatic rings. The average Bonchev–Trinajstić information content (AvgIpc) is 3.03. The molecule has 0 amide bonds. The van der Waals surface area contributed by atoms with Crippen LogP contribution in [0.25, 0.3) is 6.08 Å². The zero-order valence-electron chi connectivity index (χ0n) is 27.8. The number of benzene rings is 3. The molecule has 0 radical (unpaired) electrons. The normalized spacial score (nSPS) is 14.7. The smallest absolute Gasteiger partial charge is 0.383 e. The van der Waals surface area contributed by atoms with Gasteiger partial charge in [0.05, 0.1) is 22.0 Å². The van der Waals surface area contributed by atoms with Crippen LogP contribution in [0.2, 0.25) is 0 Å². The first-order valence-electron chi connectivity index (χ1n) is 16.0. The molecule has 0 saturated carbocycles. The minimum Gasteiger partial charge on any atom is -0.383 e. The summed E-state index contributed by atoms with van der Waals surface area (Å²) in [6.45, 7) is 13.5. The van der Waals surface area contributed by atoms with E-state index in [9.17, 15) is 13.2 Å². The van der Waals surface area contributed by atoms with E-state index in [0.29, 0.717) is 23.4 Å². The van der Waals surface area contributed by atoms with E-state index in [1.165, 1.54) is 47.5 Å². The first kappa shape index (κ1) is 36.8. The quantitative estimate of drug-likeness (QED) is 0.107. The van der Waals surface area contributed by atoms with Crippen LogP contribution in [0.5, 0.6) is 0 Å². The monoisotopic (exact) mass is 648 g/mol. The molecule has 4 nitrogen and oxygen atoms in total. The lowest BCUT2D eigenvalue weighted by atomic mass is 9.90. The Morgan fingerprint density at radius 3 is 2.24 bits per heavy atom. The lowest BCUT2D eigenvalue weighted by Gasteiger charge is -2.22. The van der Waals surface area contributed by atoms with Crippen LogP contribution < -0.4 is 5.73 Å². The van der Waals surface area contributed by atoms with Crippen LogP contribution in [0.15, 0.2) is 93.3 Å². The van der Waals surface area contributed by atoms with Crippen LogP contribution in [-0.2, 0) is 6.18 Å². The summed E-state index contributed by atoms with van der Waals surface area (Å²) in [5.41, 5.74) is 11.3. The molecule has 0 saturated heterocycles. The third kappa shape index (κ3) is 11.6. The van der Waals surface area contributed by atoms with E-state index in [1.807, 2.05) is 36.0 Å². The van der Waals surface area contributed by atoms with Gasteiger partial charge in [0.25, 0.3) is 0 Å². The van der Waals surface area contributed by atoms with Crippen LogP contribution in [0.4, 0.5) is 24.5 Å². The summed E-state index contributed by atoms with van der Waals surface area (Å²) in [5, 5.41) is 1.23. The Kier molecular flexibility index (Phi) is 14.3. The van der Waals surface area contributed by atoms with E-state index in [4.69, 9.17) is 10.7 Å². The number of hydrogen-bond donors (Lipinski definition) is 1. The summed E-state index contributed by atoms with van der Waals surface area (Å²) in [4.78, 5) is 13.5. The van der Waals surface area contributed by atoms with E-state index in [2.05, 4.69) is 81.9 Å². The predicted molar refractivity (Wildman–Crippen MR) is 193 cm³/mol. The summed E-state index contributed by atoms with van der Waals surface area (Å²) < 4.78 is 38.2. The van der Waals surface area contributed by atoms with Gasteiger partial charge in [-0.25, -0.2) is 15.0 Å². The highest BCUT2D eigenvalue weighted by Crippen LogP contribution is 2.33. The number of allylic oxidation sites excluding steroid dienone is 1. The highest BCUT2D eigenvalue weighted by atomic mass is 32.2. The molecule has 46 heavy (non-hydrogen) atoms. The molecule has 0 spiro atoms. The summed E-state index contributed by atoms with van der Waals surface area (Å²) >= 11 is 1.91. The van der Waals surface area contributed by atoms with E-state index in [0.717, 1.165) is 47.5 Å². The van der Waals surface area contributed by atoms with Gasteiger partial charge in [-0.3, -0.25) is 0 Å². The molecule has 3 aromatic carbocycles. The molecule has 0 aromatic heterocycles. The molecule has 0 fully saturated rings. The van der Waals surface area contributed by atoms with Gasteiger partial charge in [-0.15, -0.1) is 11.8 Å². The van der Waals surface area contributed by atoms with Crippen molar-refractivity contribution in [2.75, 3.05) is 5.75 Å². The van der Waals surface area contributed by atoms with Gasteiger partial charge >= 0.3 is 6.18 Å². The Morgan fingerprint density at radius 2 is 1.61 bits per heavy atom. The molecule has 0 aliphatic rings. The fourth-order valence-corrected chi connectivity index (χ4v) is 6.11. The summed E-state index contributed by atoms with van der Waals surface area (Å²) in [7, 11) is 0. The van der Waals surface area contributed by atoms with Crippen molar-refractivity contribution in [2.24, 2.45) is 32.5 Å². The predicted octanol–water partition coefficient (Wildman–Crippen LogP) is 11.6. The van der Waals surface area contributed by atoms with Crippen molar-refractivity contribution in [3.05, 3.63) is 101 Å². The van der Waals surface area contributed by atoms with Crippen LogP contribution in [0.3, 0.4) is 0 Å². The minimum absolute atomic E-state index is 0.274. The third-order valence-electron chi connectivity index (χ3n) is 7.99. The first-order valence-corrected chi connectivity index (χ1v) is 17.0. The second-order valence-electron chi connectivity index (χ2n) is 12.1. The lowest BCUT2D eigenvalue weighted by Crippen LogP contribution is -2.17. The van der Waals surface area contributed by atoms with Crippen molar-refractivity contribution in [2.45, 2.75) is 79.3 Å². The Morgan fingerprint density at radius 1 is 0.935 bits per heavy atom. The van der Waals surface area contributed by atoms with Crippen molar-refractivity contribution in [1.82, 2.24) is 0 Å². The maximum Gasteiger partial charge on any atom is 0.416 e. The van der Waals surface area contributed by atoms with Crippen molar-refractivity contribution in [3.8, 4) is 0 Å². The molecule has 8 heteroatoms. The number of halogens is 3. The summed E-state index contributed by atoms with van der Waals surface area (Å²) in [6, 6.07) is 20.9. The van der Waals surface area contributed by atoms with Crippen LogP contribution in [0, 0.1) is 11.8 Å². The van der Waals surface area contributed by atoms with E-state index in [1.54, 1.807) is 0 Å².